The van der Waals surface area contributed by atoms with Crippen LogP contribution in [-0.2, 0) is 0 Å². The van der Waals surface area contributed by atoms with Gasteiger partial charge >= 0.3 is 0 Å². The number of carbonyl (C=O) groups is 1. The van der Waals surface area contributed by atoms with Crippen LogP contribution in [0.15, 0.2) is 12.1 Å². The van der Waals surface area contributed by atoms with Gasteiger partial charge in [-0.15, -0.1) is 0 Å². The molecule has 2 aromatic rings. The summed E-state index contributed by atoms with van der Waals surface area (Å²) in [6, 6.07) is 3.10. The van der Waals surface area contributed by atoms with Crippen molar-refractivity contribution in [3.63, 3.8) is 0 Å². The lowest BCUT2D eigenvalue weighted by atomic mass is 10.3. The minimum Gasteiger partial charge on any atom is -0.289 e. The highest BCUT2D eigenvalue weighted by molar-refractivity contribution is 6.29. The molecule has 0 aliphatic carbocycles. The number of nitrogens with zero attached hydrogens (tertiary/aromatic N) is 4. The summed E-state index contributed by atoms with van der Waals surface area (Å²) < 4.78 is 0. The molecule has 0 aliphatic rings. The van der Waals surface area contributed by atoms with Gasteiger partial charge in [-0.05, 0) is 37.6 Å². The molecule has 1 N–H and O–H groups in total. The Morgan fingerprint density at radius 3 is 2.37 bits per heavy atom. The van der Waals surface area contributed by atoms with Crippen LogP contribution in [0, 0.1) is 13.8 Å². The number of nitrogens with one attached hydrogen (secondary N) is 1. The van der Waals surface area contributed by atoms with Crippen LogP contribution in [0.2, 0.25) is 10.4 Å². The van der Waals surface area contributed by atoms with Gasteiger partial charge < -0.3 is 0 Å². The fourth-order valence-electron chi connectivity index (χ4n) is 1.40. The first-order valence-corrected chi connectivity index (χ1v) is 6.03. The highest BCUT2D eigenvalue weighted by Crippen LogP contribution is 2.11. The van der Waals surface area contributed by atoms with Gasteiger partial charge in [-0.2, -0.15) is 0 Å². The Bertz CT molecular complexity index is 606. The van der Waals surface area contributed by atoms with Gasteiger partial charge in [-0.1, -0.05) is 11.6 Å². The van der Waals surface area contributed by atoms with Crippen LogP contribution in [0.4, 0.5) is 5.95 Å². The van der Waals surface area contributed by atoms with Crippen LogP contribution in [0.25, 0.3) is 0 Å². The number of anilines is 1. The average molecular weight is 298 g/mol. The minimum absolute atomic E-state index is 0.00773. The number of carbonyl (C=O) groups excluding carboxylic acids is 1. The maximum atomic E-state index is 12.0. The molecule has 0 unspecified atom stereocenters. The maximum Gasteiger partial charge on any atom is 0.276 e. The van der Waals surface area contributed by atoms with Crippen LogP contribution in [0.5, 0.6) is 0 Å². The molecule has 2 rings (SSSR count). The largest absolute Gasteiger partial charge is 0.289 e. The summed E-state index contributed by atoms with van der Waals surface area (Å²) in [5, 5.41) is 2.76. The molecule has 2 heterocycles. The lowest BCUT2D eigenvalue weighted by Gasteiger charge is -2.05. The van der Waals surface area contributed by atoms with Gasteiger partial charge in [0.1, 0.15) is 10.8 Å². The molecule has 8 heteroatoms. The Morgan fingerprint density at radius 2 is 1.74 bits per heavy atom. The van der Waals surface area contributed by atoms with Crippen molar-refractivity contribution in [1.29, 1.82) is 0 Å². The number of hydrogen-bond donors (Lipinski definition) is 1. The van der Waals surface area contributed by atoms with Gasteiger partial charge in [0, 0.05) is 11.4 Å². The number of aromatic nitrogens is 4. The van der Waals surface area contributed by atoms with E-state index < -0.39 is 5.91 Å². The van der Waals surface area contributed by atoms with E-state index in [-0.39, 0.29) is 22.1 Å². The smallest absolute Gasteiger partial charge is 0.276 e. The van der Waals surface area contributed by atoms with E-state index in [0.29, 0.717) is 11.4 Å². The summed E-state index contributed by atoms with van der Waals surface area (Å²) in [5.41, 5.74) is 1.37. The molecular weight excluding hydrogens is 289 g/mol. The molecule has 0 aliphatic heterocycles. The molecule has 6 nitrogen and oxygen atoms in total. The van der Waals surface area contributed by atoms with Crippen LogP contribution >= 0.6 is 23.2 Å². The molecule has 0 saturated heterocycles. The molecule has 98 valence electrons. The third kappa shape index (κ3) is 3.59. The van der Waals surface area contributed by atoms with E-state index in [1.165, 1.54) is 6.07 Å². The van der Waals surface area contributed by atoms with Crippen molar-refractivity contribution >= 4 is 35.1 Å². The predicted molar refractivity (Wildman–Crippen MR) is 71.5 cm³/mol. The van der Waals surface area contributed by atoms with Crippen molar-refractivity contribution < 1.29 is 4.79 Å². The van der Waals surface area contributed by atoms with Crippen LogP contribution in [0.1, 0.15) is 21.9 Å². The lowest BCUT2D eigenvalue weighted by Crippen LogP contribution is -2.16. The molecule has 0 bridgehead atoms. The molecule has 0 aromatic carbocycles. The first-order chi connectivity index (χ1) is 8.94. The predicted octanol–water partition coefficient (Wildman–Crippen LogP) is 2.44. The van der Waals surface area contributed by atoms with E-state index in [1.54, 1.807) is 19.9 Å². The summed E-state index contributed by atoms with van der Waals surface area (Å²) in [5.74, 6) is -0.364. The van der Waals surface area contributed by atoms with E-state index in [4.69, 9.17) is 23.2 Å². The van der Waals surface area contributed by atoms with Crippen molar-refractivity contribution in [2.75, 3.05) is 5.32 Å². The zero-order chi connectivity index (χ0) is 14.0. The topological polar surface area (TPSA) is 80.7 Å². The van der Waals surface area contributed by atoms with Gasteiger partial charge in [0.25, 0.3) is 5.91 Å². The summed E-state index contributed by atoms with van der Waals surface area (Å²) in [6.07, 6.45) is 0. The zero-order valence-corrected chi connectivity index (χ0v) is 11.6. The molecule has 19 heavy (non-hydrogen) atoms. The Hall–Kier alpha value is -1.79. The first kappa shape index (κ1) is 13.6. The molecule has 0 atom stereocenters. The quantitative estimate of drug-likeness (QED) is 0.680. The van der Waals surface area contributed by atoms with E-state index in [0.717, 1.165) is 0 Å². The monoisotopic (exact) mass is 297 g/mol. The number of halogens is 2. The van der Waals surface area contributed by atoms with Crippen LogP contribution < -0.4 is 5.32 Å². The highest BCUT2D eigenvalue weighted by Gasteiger charge is 2.12. The summed E-state index contributed by atoms with van der Waals surface area (Å²) in [6.45, 7) is 3.46. The highest BCUT2D eigenvalue weighted by atomic mass is 35.5. The van der Waals surface area contributed by atoms with Gasteiger partial charge in [0.15, 0.2) is 0 Å². The van der Waals surface area contributed by atoms with E-state index in [2.05, 4.69) is 25.3 Å². The molecule has 0 radical (unpaired) electrons. The number of aryl methyl sites for hydroxylation is 2. The van der Waals surface area contributed by atoms with Crippen molar-refractivity contribution in [3.05, 3.63) is 39.7 Å². The molecule has 1 amide bonds. The second-order valence-electron chi connectivity index (χ2n) is 3.77. The van der Waals surface area contributed by atoms with Gasteiger partial charge in [0.2, 0.25) is 11.2 Å². The van der Waals surface area contributed by atoms with Crippen molar-refractivity contribution in [1.82, 2.24) is 19.9 Å². The molecule has 0 fully saturated rings. The molecular formula is C11H9Cl2N5O. The number of amides is 1. The third-order valence-electron chi connectivity index (χ3n) is 2.11. The standard InChI is InChI=1S/C11H9Cl2N5O/c1-5-3-7(16-10(13)14-5)9(19)18-11-15-6(2)4-8(12)17-11/h3-4H,1-2H3,(H,15,17,18,19). The van der Waals surface area contributed by atoms with Gasteiger partial charge in [-0.25, -0.2) is 19.9 Å². The van der Waals surface area contributed by atoms with E-state index >= 15 is 0 Å². The Kier molecular flexibility index (Phi) is 3.92. The van der Waals surface area contributed by atoms with Gasteiger partial charge in [0.05, 0.1) is 0 Å². The zero-order valence-electron chi connectivity index (χ0n) is 10.1. The summed E-state index contributed by atoms with van der Waals surface area (Å²) in [7, 11) is 0. The fraction of sp³-hybridized carbons (Fsp3) is 0.182. The minimum atomic E-state index is -0.478. The number of rotatable bonds is 2. The van der Waals surface area contributed by atoms with Crippen molar-refractivity contribution in [2.24, 2.45) is 0 Å². The Balaban J connectivity index is 2.25. The summed E-state index contributed by atoms with van der Waals surface area (Å²) >= 11 is 11.5. The Labute approximate surface area is 119 Å². The normalized spacial score (nSPS) is 10.3. The SMILES string of the molecule is Cc1cc(C(=O)Nc2nc(C)cc(Cl)n2)nc(Cl)n1. The maximum absolute atomic E-state index is 12.0. The number of hydrogen-bond acceptors (Lipinski definition) is 5. The second kappa shape index (κ2) is 5.46. The molecule has 0 spiro atoms. The first-order valence-electron chi connectivity index (χ1n) is 5.28. The second-order valence-corrected chi connectivity index (χ2v) is 4.50. The molecule has 0 saturated carbocycles. The average Bonchev–Trinajstić information content (AvgIpc) is 2.25. The Morgan fingerprint density at radius 1 is 1.05 bits per heavy atom. The van der Waals surface area contributed by atoms with E-state index in [1.807, 2.05) is 0 Å². The lowest BCUT2D eigenvalue weighted by molar-refractivity contribution is 0.102. The van der Waals surface area contributed by atoms with Crippen molar-refractivity contribution in [3.8, 4) is 0 Å². The van der Waals surface area contributed by atoms with Crippen molar-refractivity contribution in [2.45, 2.75) is 13.8 Å². The summed E-state index contributed by atoms with van der Waals surface area (Å²) in [4.78, 5) is 27.6. The fourth-order valence-corrected chi connectivity index (χ4v) is 1.86. The van der Waals surface area contributed by atoms with E-state index in [9.17, 15) is 4.79 Å². The molecule has 2 aromatic heterocycles. The third-order valence-corrected chi connectivity index (χ3v) is 2.47. The van der Waals surface area contributed by atoms with Crippen LogP contribution in [0.3, 0.4) is 0 Å². The van der Waals surface area contributed by atoms with Crippen LogP contribution in [-0.4, -0.2) is 25.8 Å². The van der Waals surface area contributed by atoms with Gasteiger partial charge in [-0.3, -0.25) is 10.1 Å².